The molecule has 2 aliphatic heterocycles. The van der Waals surface area contributed by atoms with E-state index in [9.17, 15) is 9.59 Å². The number of fused-ring (bicyclic) bond motifs is 1. The summed E-state index contributed by atoms with van der Waals surface area (Å²) >= 11 is 5.98. The predicted molar refractivity (Wildman–Crippen MR) is 153 cm³/mol. The molecule has 8 nitrogen and oxygen atoms in total. The van der Waals surface area contributed by atoms with Crippen molar-refractivity contribution in [1.82, 2.24) is 19.7 Å². The van der Waals surface area contributed by atoms with Gasteiger partial charge < -0.3 is 24.3 Å². The van der Waals surface area contributed by atoms with E-state index in [2.05, 4.69) is 21.2 Å². The van der Waals surface area contributed by atoms with Crippen molar-refractivity contribution in [3.63, 3.8) is 0 Å². The average molecular weight is 553 g/mol. The number of carbonyl (C=O) groups is 1. The van der Waals surface area contributed by atoms with Crippen molar-refractivity contribution in [2.24, 2.45) is 0 Å². The first-order chi connectivity index (χ1) is 19.1. The summed E-state index contributed by atoms with van der Waals surface area (Å²) in [5, 5.41) is 4.06. The monoisotopic (exact) mass is 552 g/mol. The summed E-state index contributed by atoms with van der Waals surface area (Å²) in [4.78, 5) is 31.6. The zero-order valence-corrected chi connectivity index (χ0v) is 23.1. The highest BCUT2D eigenvalue weighted by atomic mass is 35.5. The summed E-state index contributed by atoms with van der Waals surface area (Å²) in [6.07, 6.45) is 5.42. The van der Waals surface area contributed by atoms with Crippen molar-refractivity contribution in [3.8, 4) is 0 Å². The number of hydrogen-bond donors (Lipinski definition) is 1. The maximum absolute atomic E-state index is 13.6. The molecular formula is C30H37ClN4O4. The van der Waals surface area contributed by atoms with Gasteiger partial charge in [0.25, 0.3) is 5.91 Å². The smallest absolute Gasteiger partial charge is 0.257 e. The number of rotatable bonds is 10. The normalized spacial score (nSPS) is 16.9. The van der Waals surface area contributed by atoms with Crippen LogP contribution in [0.3, 0.4) is 0 Å². The van der Waals surface area contributed by atoms with E-state index < -0.39 is 5.91 Å². The molecule has 0 aliphatic carbocycles. The number of carbonyl (C=O) groups excluding carboxylic acids is 1. The standard InChI is InChI=1S/C30H37ClN4O4/c31-25-7-4-23(5-8-25)19-32-30(37)27-21-35(22-39-17-12-33-10-2-1-3-11-33)28-9-6-24(18-26(28)29(27)36)20-34-13-15-38-16-14-34/h4-9,18,21H,1-3,10-17,19-20,22H2,(H,32,37). The molecule has 2 saturated heterocycles. The molecule has 0 spiro atoms. The van der Waals surface area contributed by atoms with Crippen molar-refractivity contribution in [1.29, 1.82) is 0 Å². The van der Waals surface area contributed by atoms with Crippen molar-refractivity contribution in [2.75, 3.05) is 52.5 Å². The Balaban J connectivity index is 1.36. The van der Waals surface area contributed by atoms with Crippen LogP contribution in [0.15, 0.2) is 53.5 Å². The largest absolute Gasteiger partial charge is 0.379 e. The fourth-order valence-corrected chi connectivity index (χ4v) is 5.37. The van der Waals surface area contributed by atoms with Gasteiger partial charge in [0.1, 0.15) is 12.3 Å². The SMILES string of the molecule is O=C(NCc1ccc(Cl)cc1)c1cn(COCCN2CCCCC2)c2ccc(CN3CCOCC3)cc2c1=O. The second-order valence-corrected chi connectivity index (χ2v) is 10.8. The van der Waals surface area contributed by atoms with Crippen LogP contribution in [0.5, 0.6) is 0 Å². The number of aromatic nitrogens is 1. The van der Waals surface area contributed by atoms with Crippen LogP contribution < -0.4 is 10.7 Å². The van der Waals surface area contributed by atoms with Gasteiger partial charge in [0.15, 0.2) is 0 Å². The van der Waals surface area contributed by atoms with Crippen LogP contribution in [0.1, 0.15) is 40.7 Å². The molecule has 3 aromatic rings. The molecule has 2 aromatic carbocycles. The lowest BCUT2D eigenvalue weighted by Crippen LogP contribution is -2.35. The van der Waals surface area contributed by atoms with Crippen molar-refractivity contribution in [3.05, 3.63) is 80.6 Å². The molecule has 9 heteroatoms. The number of piperidine rings is 1. The number of amides is 1. The Kier molecular flexibility index (Phi) is 9.66. The Morgan fingerprint density at radius 2 is 1.69 bits per heavy atom. The van der Waals surface area contributed by atoms with Gasteiger partial charge in [0, 0.05) is 49.3 Å². The number of halogens is 1. The Hall–Kier alpha value is -2.75. The molecule has 0 radical (unpaired) electrons. The highest BCUT2D eigenvalue weighted by Crippen LogP contribution is 2.18. The zero-order chi connectivity index (χ0) is 27.0. The molecule has 3 heterocycles. The van der Waals surface area contributed by atoms with Crippen LogP contribution in [0.25, 0.3) is 10.9 Å². The van der Waals surface area contributed by atoms with Gasteiger partial charge in [-0.1, -0.05) is 36.2 Å². The van der Waals surface area contributed by atoms with Gasteiger partial charge in [-0.2, -0.15) is 0 Å². The lowest BCUT2D eigenvalue weighted by Gasteiger charge is -2.27. The van der Waals surface area contributed by atoms with Crippen LogP contribution in [0, 0.1) is 0 Å². The van der Waals surface area contributed by atoms with E-state index in [-0.39, 0.29) is 17.7 Å². The van der Waals surface area contributed by atoms with Crippen LogP contribution in [-0.2, 0) is 29.3 Å². The molecule has 0 unspecified atom stereocenters. The lowest BCUT2D eigenvalue weighted by molar-refractivity contribution is 0.0342. The summed E-state index contributed by atoms with van der Waals surface area (Å²) in [7, 11) is 0. The van der Waals surface area contributed by atoms with Crippen LogP contribution >= 0.6 is 11.6 Å². The molecule has 2 aliphatic rings. The summed E-state index contributed by atoms with van der Waals surface area (Å²) in [5.74, 6) is -0.405. The van der Waals surface area contributed by atoms with Gasteiger partial charge in [0.2, 0.25) is 5.43 Å². The summed E-state index contributed by atoms with van der Waals surface area (Å²) in [6.45, 7) is 8.18. The molecule has 39 heavy (non-hydrogen) atoms. The number of nitrogens with one attached hydrogen (secondary N) is 1. The molecule has 0 atom stereocenters. The first-order valence-electron chi connectivity index (χ1n) is 13.9. The van der Waals surface area contributed by atoms with Gasteiger partial charge in [-0.3, -0.25) is 14.5 Å². The topological polar surface area (TPSA) is 76.0 Å². The highest BCUT2D eigenvalue weighted by molar-refractivity contribution is 6.30. The fourth-order valence-electron chi connectivity index (χ4n) is 5.25. The number of hydrogen-bond acceptors (Lipinski definition) is 6. The number of pyridine rings is 1. The van der Waals surface area contributed by atoms with E-state index in [0.29, 0.717) is 36.8 Å². The summed E-state index contributed by atoms with van der Waals surface area (Å²) in [6, 6.07) is 13.2. The van der Waals surface area contributed by atoms with Gasteiger partial charge in [-0.05, 0) is 61.3 Å². The molecular weight excluding hydrogens is 516 g/mol. The number of nitrogens with zero attached hydrogens (tertiary/aromatic N) is 3. The van der Waals surface area contributed by atoms with Gasteiger partial charge in [-0.15, -0.1) is 0 Å². The highest BCUT2D eigenvalue weighted by Gasteiger charge is 2.18. The van der Waals surface area contributed by atoms with E-state index in [1.807, 2.05) is 28.8 Å². The molecule has 1 aromatic heterocycles. The minimum atomic E-state index is -0.405. The van der Waals surface area contributed by atoms with Crippen LogP contribution in [-0.4, -0.2) is 72.8 Å². The maximum Gasteiger partial charge on any atom is 0.257 e. The predicted octanol–water partition coefficient (Wildman–Crippen LogP) is 3.88. The number of ether oxygens (including phenoxy) is 2. The zero-order valence-electron chi connectivity index (χ0n) is 22.4. The maximum atomic E-state index is 13.6. The first kappa shape index (κ1) is 27.8. The second-order valence-electron chi connectivity index (χ2n) is 10.3. The third kappa shape index (κ3) is 7.47. The average Bonchev–Trinajstić information content (AvgIpc) is 2.97. The molecule has 208 valence electrons. The van der Waals surface area contributed by atoms with Gasteiger partial charge in [0.05, 0.1) is 25.3 Å². The van der Waals surface area contributed by atoms with Crippen molar-refractivity contribution in [2.45, 2.75) is 39.1 Å². The van der Waals surface area contributed by atoms with Gasteiger partial charge in [-0.25, -0.2) is 0 Å². The molecule has 1 N–H and O–H groups in total. The third-order valence-corrected chi connectivity index (χ3v) is 7.75. The molecule has 1 amide bonds. The van der Waals surface area contributed by atoms with E-state index in [4.69, 9.17) is 21.1 Å². The molecule has 2 fully saturated rings. The van der Waals surface area contributed by atoms with Crippen LogP contribution in [0.4, 0.5) is 0 Å². The number of benzene rings is 2. The number of morpholine rings is 1. The molecule has 5 rings (SSSR count). The van der Waals surface area contributed by atoms with E-state index in [1.54, 1.807) is 18.3 Å². The summed E-state index contributed by atoms with van der Waals surface area (Å²) in [5.41, 5.74) is 2.55. The van der Waals surface area contributed by atoms with Gasteiger partial charge >= 0.3 is 0 Å². The Morgan fingerprint density at radius 3 is 2.46 bits per heavy atom. The molecule has 0 saturated carbocycles. The van der Waals surface area contributed by atoms with E-state index >= 15 is 0 Å². The lowest BCUT2D eigenvalue weighted by atomic mass is 10.1. The van der Waals surface area contributed by atoms with Crippen molar-refractivity contribution < 1.29 is 14.3 Å². The van der Waals surface area contributed by atoms with Crippen LogP contribution in [0.2, 0.25) is 5.02 Å². The molecule has 0 bridgehead atoms. The van der Waals surface area contributed by atoms with E-state index in [1.165, 1.54) is 19.3 Å². The Bertz CT molecular complexity index is 1320. The Labute approximate surface area is 234 Å². The Morgan fingerprint density at radius 1 is 0.949 bits per heavy atom. The second kappa shape index (κ2) is 13.5. The summed E-state index contributed by atoms with van der Waals surface area (Å²) < 4.78 is 13.4. The fraction of sp³-hybridized carbons (Fsp3) is 0.467. The van der Waals surface area contributed by atoms with Crippen molar-refractivity contribution >= 4 is 28.4 Å². The third-order valence-electron chi connectivity index (χ3n) is 7.50. The minimum absolute atomic E-state index is 0.111. The first-order valence-corrected chi connectivity index (χ1v) is 14.2. The van der Waals surface area contributed by atoms with E-state index in [0.717, 1.165) is 55.9 Å². The quantitative estimate of drug-likeness (QED) is 0.385. The number of likely N-dealkylation sites (tertiary alicyclic amines) is 1. The minimum Gasteiger partial charge on any atom is -0.379 e.